The van der Waals surface area contributed by atoms with Gasteiger partial charge in [0.2, 0.25) is 0 Å². The number of nitrogen functional groups attached to an aromatic ring is 1. The first-order chi connectivity index (χ1) is 14.1. The van der Waals surface area contributed by atoms with Crippen LogP contribution in [0, 0.1) is 0 Å². The standard InChI is InChI=1S/C19H18N6O3S/c20-17-14-18(22-8-21-17)25(9-23-14)19-16(27)15(26)12(28-19)7-29-13-6-5-10-3-1-2-4-11(10)24-13/h1-6,8-9,12,15-16,19,26-27H,7H2,(H2,20,21,22)/t12-,15-,16-,19-/m0/s1. The smallest absolute Gasteiger partial charge is 0.167 e. The summed E-state index contributed by atoms with van der Waals surface area (Å²) in [6.07, 6.45) is -0.768. The number of aliphatic hydroxyl groups excluding tert-OH is 2. The SMILES string of the molecule is Nc1ncnc2c1ncn2[C@H]1O[C@@H](CSc2ccc3ccccc3n2)[C@H](O)[C@@H]1O. The fourth-order valence-corrected chi connectivity index (χ4v) is 4.39. The minimum absolute atomic E-state index is 0.247. The molecule has 5 rings (SSSR count). The lowest BCUT2D eigenvalue weighted by Gasteiger charge is -2.16. The summed E-state index contributed by atoms with van der Waals surface area (Å²) < 4.78 is 7.53. The first-order valence-corrected chi connectivity index (χ1v) is 10.0. The van der Waals surface area contributed by atoms with Gasteiger partial charge in [-0.3, -0.25) is 4.57 Å². The molecule has 9 nitrogen and oxygen atoms in total. The Labute approximate surface area is 169 Å². The second-order valence-corrected chi connectivity index (χ2v) is 7.82. The molecule has 0 amide bonds. The third kappa shape index (κ3) is 3.19. The average Bonchev–Trinajstić information content (AvgIpc) is 3.29. The highest BCUT2D eigenvalue weighted by molar-refractivity contribution is 7.99. The Kier molecular flexibility index (Phi) is 4.55. The number of fused-ring (bicyclic) bond motifs is 2. The molecule has 1 aliphatic rings. The second-order valence-electron chi connectivity index (χ2n) is 6.78. The molecule has 0 aliphatic carbocycles. The molecule has 3 aromatic heterocycles. The lowest BCUT2D eigenvalue weighted by molar-refractivity contribution is -0.0289. The summed E-state index contributed by atoms with van der Waals surface area (Å²) in [6, 6.07) is 11.8. The molecule has 4 N–H and O–H groups in total. The van der Waals surface area contributed by atoms with Gasteiger partial charge in [0, 0.05) is 11.1 Å². The number of hydrogen-bond acceptors (Lipinski definition) is 9. The lowest BCUT2D eigenvalue weighted by Crippen LogP contribution is -2.32. The minimum atomic E-state index is -1.13. The van der Waals surface area contributed by atoms with Crippen molar-refractivity contribution < 1.29 is 14.9 Å². The van der Waals surface area contributed by atoms with Crippen molar-refractivity contribution in [3.05, 3.63) is 49.1 Å². The van der Waals surface area contributed by atoms with E-state index < -0.39 is 24.5 Å². The molecule has 0 bridgehead atoms. The van der Waals surface area contributed by atoms with Crippen molar-refractivity contribution in [3.8, 4) is 0 Å². The van der Waals surface area contributed by atoms with Crippen LogP contribution in [0.1, 0.15) is 6.23 Å². The topological polar surface area (TPSA) is 132 Å². The van der Waals surface area contributed by atoms with Crippen LogP contribution in [0.2, 0.25) is 0 Å². The predicted octanol–water partition coefficient (Wildman–Crippen LogP) is 1.37. The largest absolute Gasteiger partial charge is 0.387 e. The number of ether oxygens (including phenoxy) is 1. The molecule has 1 aliphatic heterocycles. The molecule has 1 fully saturated rings. The molecule has 29 heavy (non-hydrogen) atoms. The molecule has 10 heteroatoms. The predicted molar refractivity (Wildman–Crippen MR) is 108 cm³/mol. The van der Waals surface area contributed by atoms with Gasteiger partial charge in [-0.2, -0.15) is 0 Å². The molecule has 1 saturated heterocycles. The Balaban J connectivity index is 1.34. The van der Waals surface area contributed by atoms with Crippen molar-refractivity contribution in [3.63, 3.8) is 0 Å². The third-order valence-corrected chi connectivity index (χ3v) is 5.99. The Morgan fingerprint density at radius 2 is 1.93 bits per heavy atom. The highest BCUT2D eigenvalue weighted by atomic mass is 32.2. The zero-order chi connectivity index (χ0) is 20.0. The van der Waals surface area contributed by atoms with Crippen LogP contribution >= 0.6 is 11.8 Å². The Bertz CT molecular complexity index is 1190. The van der Waals surface area contributed by atoms with Crippen LogP contribution in [0.5, 0.6) is 0 Å². The van der Waals surface area contributed by atoms with E-state index in [-0.39, 0.29) is 5.82 Å². The van der Waals surface area contributed by atoms with Gasteiger partial charge >= 0.3 is 0 Å². The van der Waals surface area contributed by atoms with E-state index in [1.54, 1.807) is 4.57 Å². The van der Waals surface area contributed by atoms with Gasteiger partial charge in [-0.25, -0.2) is 19.9 Å². The number of aliphatic hydroxyl groups is 2. The van der Waals surface area contributed by atoms with E-state index in [2.05, 4.69) is 19.9 Å². The molecular formula is C19H18N6O3S. The van der Waals surface area contributed by atoms with Gasteiger partial charge in [0.05, 0.1) is 23.0 Å². The van der Waals surface area contributed by atoms with Crippen molar-refractivity contribution >= 4 is 39.6 Å². The number of nitrogens with zero attached hydrogens (tertiary/aromatic N) is 5. The molecule has 0 spiro atoms. The van der Waals surface area contributed by atoms with Gasteiger partial charge in [-0.15, -0.1) is 11.8 Å². The number of para-hydroxylation sites is 1. The molecule has 148 valence electrons. The quantitative estimate of drug-likeness (QED) is 0.427. The summed E-state index contributed by atoms with van der Waals surface area (Å²) in [5.74, 6) is 0.681. The number of thioether (sulfide) groups is 1. The van der Waals surface area contributed by atoms with E-state index >= 15 is 0 Å². The Hall–Kier alpha value is -2.79. The molecular weight excluding hydrogens is 392 g/mol. The monoisotopic (exact) mass is 410 g/mol. The van der Waals surface area contributed by atoms with Gasteiger partial charge in [-0.1, -0.05) is 24.3 Å². The number of hydrogen-bond donors (Lipinski definition) is 3. The van der Waals surface area contributed by atoms with Crippen LogP contribution in [0.15, 0.2) is 54.1 Å². The Morgan fingerprint density at radius 3 is 2.83 bits per heavy atom. The molecule has 4 aromatic rings. The summed E-state index contributed by atoms with van der Waals surface area (Å²) in [7, 11) is 0. The van der Waals surface area contributed by atoms with Crippen LogP contribution in [-0.4, -0.2) is 58.8 Å². The summed E-state index contributed by atoms with van der Waals surface area (Å²) in [4.78, 5) is 16.9. The number of pyridine rings is 1. The maximum absolute atomic E-state index is 10.5. The molecule has 1 aromatic carbocycles. The normalized spacial score (nSPS) is 24.5. The van der Waals surface area contributed by atoms with E-state index in [9.17, 15) is 10.2 Å². The van der Waals surface area contributed by atoms with Crippen LogP contribution in [0.4, 0.5) is 5.82 Å². The lowest BCUT2D eigenvalue weighted by atomic mass is 10.1. The van der Waals surface area contributed by atoms with Crippen LogP contribution in [-0.2, 0) is 4.74 Å². The zero-order valence-electron chi connectivity index (χ0n) is 15.2. The van der Waals surface area contributed by atoms with E-state index in [0.29, 0.717) is 16.9 Å². The van der Waals surface area contributed by atoms with Crippen molar-refractivity contribution in [2.24, 2.45) is 0 Å². The summed E-state index contributed by atoms with van der Waals surface area (Å²) in [5, 5.41) is 22.9. The Morgan fingerprint density at radius 1 is 1.07 bits per heavy atom. The number of nitrogens with two attached hydrogens (primary N) is 1. The van der Waals surface area contributed by atoms with Crippen molar-refractivity contribution in [2.75, 3.05) is 11.5 Å². The molecule has 4 atom stereocenters. The highest BCUT2D eigenvalue weighted by Crippen LogP contribution is 2.34. The number of aromatic nitrogens is 5. The molecule has 0 saturated carbocycles. The average molecular weight is 410 g/mol. The molecule has 0 radical (unpaired) electrons. The molecule has 4 heterocycles. The van der Waals surface area contributed by atoms with E-state index in [4.69, 9.17) is 10.5 Å². The van der Waals surface area contributed by atoms with Gasteiger partial charge < -0.3 is 20.7 Å². The maximum Gasteiger partial charge on any atom is 0.167 e. The summed E-state index contributed by atoms with van der Waals surface area (Å²) in [5.41, 5.74) is 7.60. The first kappa shape index (κ1) is 18.3. The number of imidazole rings is 1. The van der Waals surface area contributed by atoms with E-state index in [1.165, 1.54) is 24.4 Å². The fraction of sp³-hybridized carbons (Fsp3) is 0.263. The van der Waals surface area contributed by atoms with Gasteiger partial charge in [0.25, 0.3) is 0 Å². The number of rotatable bonds is 4. The number of anilines is 1. The van der Waals surface area contributed by atoms with Crippen LogP contribution in [0.25, 0.3) is 22.1 Å². The summed E-state index contributed by atoms with van der Waals surface area (Å²) in [6.45, 7) is 0. The van der Waals surface area contributed by atoms with E-state index in [1.807, 2.05) is 36.4 Å². The first-order valence-electron chi connectivity index (χ1n) is 9.05. The third-order valence-electron chi connectivity index (χ3n) is 4.97. The van der Waals surface area contributed by atoms with Crippen molar-refractivity contribution in [1.82, 2.24) is 24.5 Å². The van der Waals surface area contributed by atoms with E-state index in [0.717, 1.165) is 15.9 Å². The summed E-state index contributed by atoms with van der Waals surface area (Å²) >= 11 is 1.47. The van der Waals surface area contributed by atoms with Gasteiger partial charge in [0.1, 0.15) is 24.1 Å². The zero-order valence-corrected chi connectivity index (χ0v) is 16.0. The van der Waals surface area contributed by atoms with Crippen LogP contribution < -0.4 is 5.73 Å². The van der Waals surface area contributed by atoms with Crippen LogP contribution in [0.3, 0.4) is 0 Å². The highest BCUT2D eigenvalue weighted by Gasteiger charge is 2.44. The van der Waals surface area contributed by atoms with Crippen molar-refractivity contribution in [2.45, 2.75) is 29.6 Å². The minimum Gasteiger partial charge on any atom is -0.387 e. The molecule has 0 unspecified atom stereocenters. The second kappa shape index (κ2) is 7.23. The van der Waals surface area contributed by atoms with Gasteiger partial charge in [0.15, 0.2) is 17.7 Å². The number of benzene rings is 1. The van der Waals surface area contributed by atoms with Crippen molar-refractivity contribution in [1.29, 1.82) is 0 Å². The maximum atomic E-state index is 10.5. The van der Waals surface area contributed by atoms with Gasteiger partial charge in [-0.05, 0) is 12.1 Å². The fourth-order valence-electron chi connectivity index (χ4n) is 3.45.